The second kappa shape index (κ2) is 11.9. The first-order valence-corrected chi connectivity index (χ1v) is 13.5. The van der Waals surface area contributed by atoms with Gasteiger partial charge in [-0.3, -0.25) is 9.59 Å². The molecule has 0 spiro atoms. The molecular formula is C22H32ClN7O4S. The van der Waals surface area contributed by atoms with Crippen molar-refractivity contribution < 1.29 is 18.0 Å². The summed E-state index contributed by atoms with van der Waals surface area (Å²) in [5.41, 5.74) is 1.46. The van der Waals surface area contributed by atoms with Gasteiger partial charge >= 0.3 is 0 Å². The summed E-state index contributed by atoms with van der Waals surface area (Å²) < 4.78 is 30.9. The zero-order valence-electron chi connectivity index (χ0n) is 20.1. The average Bonchev–Trinajstić information content (AvgIpc) is 3.48. The summed E-state index contributed by atoms with van der Waals surface area (Å²) in [5, 5.41) is 7.55. The van der Waals surface area contributed by atoms with Crippen LogP contribution < -0.4 is 14.8 Å². The second-order valence-electron chi connectivity index (χ2n) is 8.82. The van der Waals surface area contributed by atoms with Crippen LogP contribution in [0.4, 0.5) is 0 Å². The fourth-order valence-electron chi connectivity index (χ4n) is 4.14. The first kappa shape index (κ1) is 27.1. The van der Waals surface area contributed by atoms with Crippen molar-refractivity contribution in [2.45, 2.75) is 58.7 Å². The lowest BCUT2D eigenvalue weighted by Gasteiger charge is -2.29. The van der Waals surface area contributed by atoms with Crippen molar-refractivity contribution >= 4 is 33.6 Å². The molecule has 192 valence electrons. The maximum absolute atomic E-state index is 13.4. The van der Waals surface area contributed by atoms with Gasteiger partial charge in [0.2, 0.25) is 11.8 Å². The smallest absolute Gasteiger partial charge is 0.277 e. The number of likely N-dealkylation sites (tertiary alicyclic amines) is 1. The SMILES string of the molecule is CCNS(=O)(=O)N[C@@H](CC(C)C)C(=O)N1CCC[C@H]1C(=O)NCc1cc(Cl)ccc1-n1cncn1. The molecule has 0 bridgehead atoms. The van der Waals surface area contributed by atoms with Gasteiger partial charge in [-0.25, -0.2) is 14.4 Å². The molecule has 2 amide bonds. The molecular weight excluding hydrogens is 494 g/mol. The Kier molecular flexibility index (Phi) is 9.22. The van der Waals surface area contributed by atoms with E-state index in [2.05, 4.69) is 24.8 Å². The number of hydrogen-bond acceptors (Lipinski definition) is 6. The number of nitrogens with zero attached hydrogens (tertiary/aromatic N) is 4. The topological polar surface area (TPSA) is 138 Å². The standard InChI is InChI=1S/C22H32ClN7O4S/c1-4-27-35(33,34)28-18(10-15(2)3)22(32)29-9-5-6-20(29)21(31)25-12-16-11-17(23)7-8-19(16)30-14-24-13-26-30/h7-8,11,13-15,18,20,27-28H,4-6,9-10,12H2,1-3H3,(H,25,31)/t18-,20-/m0/s1. The second-order valence-corrected chi connectivity index (χ2v) is 10.8. The molecule has 11 nitrogen and oxygen atoms in total. The van der Waals surface area contributed by atoms with E-state index in [1.54, 1.807) is 36.1 Å². The molecule has 35 heavy (non-hydrogen) atoms. The van der Waals surface area contributed by atoms with Gasteiger partial charge in [-0.15, -0.1) is 0 Å². The van der Waals surface area contributed by atoms with Gasteiger partial charge < -0.3 is 10.2 Å². The van der Waals surface area contributed by atoms with Crippen LogP contribution >= 0.6 is 11.6 Å². The van der Waals surface area contributed by atoms with E-state index < -0.39 is 28.2 Å². The summed E-state index contributed by atoms with van der Waals surface area (Å²) in [7, 11) is -3.84. The van der Waals surface area contributed by atoms with Crippen LogP contribution in [0.2, 0.25) is 5.02 Å². The van der Waals surface area contributed by atoms with Gasteiger partial charge in [0.25, 0.3) is 10.2 Å². The molecule has 0 radical (unpaired) electrons. The number of carbonyl (C=O) groups is 2. The molecule has 0 unspecified atom stereocenters. The Labute approximate surface area is 210 Å². The predicted octanol–water partition coefficient (Wildman–Crippen LogP) is 1.39. The summed E-state index contributed by atoms with van der Waals surface area (Å²) in [6.07, 6.45) is 4.43. The van der Waals surface area contributed by atoms with Gasteiger partial charge in [-0.1, -0.05) is 32.4 Å². The number of rotatable bonds is 11. The van der Waals surface area contributed by atoms with Crippen molar-refractivity contribution in [2.75, 3.05) is 13.1 Å². The zero-order chi connectivity index (χ0) is 25.6. The van der Waals surface area contributed by atoms with Crippen molar-refractivity contribution in [1.82, 2.24) is 34.4 Å². The molecule has 1 aliphatic heterocycles. The maximum atomic E-state index is 13.4. The lowest BCUT2D eigenvalue weighted by atomic mass is 10.0. The zero-order valence-corrected chi connectivity index (χ0v) is 21.6. The molecule has 2 heterocycles. The molecule has 1 saturated heterocycles. The molecule has 3 N–H and O–H groups in total. The van der Waals surface area contributed by atoms with Crippen LogP contribution in [0.3, 0.4) is 0 Å². The van der Waals surface area contributed by atoms with E-state index in [-0.39, 0.29) is 24.9 Å². The molecule has 13 heteroatoms. The van der Waals surface area contributed by atoms with Crippen LogP contribution in [0.15, 0.2) is 30.9 Å². The van der Waals surface area contributed by atoms with E-state index in [1.165, 1.54) is 11.2 Å². The van der Waals surface area contributed by atoms with Crippen molar-refractivity contribution in [3.63, 3.8) is 0 Å². The van der Waals surface area contributed by atoms with E-state index in [9.17, 15) is 18.0 Å². The molecule has 1 aliphatic rings. The summed E-state index contributed by atoms with van der Waals surface area (Å²) in [6.45, 7) is 6.24. The van der Waals surface area contributed by atoms with Crippen LogP contribution in [0.5, 0.6) is 0 Å². The van der Waals surface area contributed by atoms with Crippen molar-refractivity contribution in [1.29, 1.82) is 0 Å². The number of aromatic nitrogens is 3. The Morgan fingerprint density at radius 3 is 2.71 bits per heavy atom. The number of hydrogen-bond donors (Lipinski definition) is 3. The number of nitrogens with one attached hydrogen (secondary N) is 3. The number of halogens is 1. The molecule has 0 aliphatic carbocycles. The number of amides is 2. The Hall–Kier alpha value is -2.54. The summed E-state index contributed by atoms with van der Waals surface area (Å²) in [4.78, 5) is 31.9. The third-order valence-corrected chi connectivity index (χ3v) is 7.13. The Balaban J connectivity index is 1.72. The molecule has 2 atom stereocenters. The highest BCUT2D eigenvalue weighted by Gasteiger charge is 2.38. The Bertz CT molecular complexity index is 1120. The maximum Gasteiger partial charge on any atom is 0.277 e. The number of benzene rings is 1. The van der Waals surface area contributed by atoms with Gasteiger partial charge in [0.1, 0.15) is 24.7 Å². The quantitative estimate of drug-likeness (QED) is 0.405. The van der Waals surface area contributed by atoms with E-state index in [0.29, 0.717) is 30.8 Å². The summed E-state index contributed by atoms with van der Waals surface area (Å²) in [6, 6.07) is 3.61. The average molecular weight is 526 g/mol. The molecule has 0 saturated carbocycles. The predicted molar refractivity (Wildman–Crippen MR) is 132 cm³/mol. The third kappa shape index (κ3) is 7.23. The van der Waals surface area contributed by atoms with Gasteiger partial charge in [0.05, 0.1) is 5.69 Å². The van der Waals surface area contributed by atoms with Crippen LogP contribution in [0.1, 0.15) is 45.6 Å². The van der Waals surface area contributed by atoms with E-state index in [1.807, 2.05) is 13.8 Å². The first-order chi connectivity index (χ1) is 16.6. The van der Waals surface area contributed by atoms with E-state index >= 15 is 0 Å². The lowest BCUT2D eigenvalue weighted by Crippen LogP contribution is -2.55. The van der Waals surface area contributed by atoms with E-state index in [0.717, 1.165) is 11.3 Å². The minimum Gasteiger partial charge on any atom is -0.350 e. The molecule has 1 aromatic carbocycles. The first-order valence-electron chi connectivity index (χ1n) is 11.6. The fraction of sp³-hybridized carbons (Fsp3) is 0.545. The third-order valence-electron chi connectivity index (χ3n) is 5.64. The highest BCUT2D eigenvalue weighted by Crippen LogP contribution is 2.22. The Morgan fingerprint density at radius 1 is 1.29 bits per heavy atom. The highest BCUT2D eigenvalue weighted by atomic mass is 35.5. The largest absolute Gasteiger partial charge is 0.350 e. The summed E-state index contributed by atoms with van der Waals surface area (Å²) >= 11 is 6.16. The van der Waals surface area contributed by atoms with Gasteiger partial charge in [-0.2, -0.15) is 18.2 Å². The molecule has 1 fully saturated rings. The molecule has 2 aromatic rings. The van der Waals surface area contributed by atoms with Gasteiger partial charge in [0, 0.05) is 24.7 Å². The number of carbonyl (C=O) groups excluding carboxylic acids is 2. The highest BCUT2D eigenvalue weighted by molar-refractivity contribution is 7.87. The monoisotopic (exact) mass is 525 g/mol. The van der Waals surface area contributed by atoms with E-state index in [4.69, 9.17) is 11.6 Å². The van der Waals surface area contributed by atoms with Gasteiger partial charge in [0.15, 0.2) is 0 Å². The minimum absolute atomic E-state index is 0.0705. The minimum atomic E-state index is -3.84. The lowest BCUT2D eigenvalue weighted by molar-refractivity contribution is -0.140. The van der Waals surface area contributed by atoms with Crippen LogP contribution in [0.25, 0.3) is 5.69 Å². The Morgan fingerprint density at radius 2 is 2.06 bits per heavy atom. The van der Waals surface area contributed by atoms with Gasteiger partial charge in [-0.05, 0) is 48.9 Å². The molecule has 1 aromatic heterocycles. The van der Waals surface area contributed by atoms with Crippen molar-refractivity contribution in [3.05, 3.63) is 41.4 Å². The molecule has 3 rings (SSSR count). The van der Waals surface area contributed by atoms with Crippen molar-refractivity contribution in [3.8, 4) is 5.69 Å². The van der Waals surface area contributed by atoms with Crippen molar-refractivity contribution in [2.24, 2.45) is 5.92 Å². The van der Waals surface area contributed by atoms with Crippen LogP contribution in [-0.4, -0.2) is 65.1 Å². The van der Waals surface area contributed by atoms with Crippen LogP contribution in [-0.2, 0) is 26.3 Å². The normalized spacial score (nSPS) is 17.1. The fourth-order valence-corrected chi connectivity index (χ4v) is 5.37. The van der Waals surface area contributed by atoms with Crippen LogP contribution in [0, 0.1) is 5.92 Å². The summed E-state index contributed by atoms with van der Waals surface area (Å²) in [5.74, 6) is -0.636.